The number of halogens is 1. The predicted octanol–water partition coefficient (Wildman–Crippen LogP) is 3.24. The fourth-order valence-corrected chi connectivity index (χ4v) is 4.25. The quantitative estimate of drug-likeness (QED) is 0.929. The summed E-state index contributed by atoms with van der Waals surface area (Å²) in [7, 11) is 0. The summed E-state index contributed by atoms with van der Waals surface area (Å²) in [4.78, 5) is 4.03. The van der Waals surface area contributed by atoms with Crippen molar-refractivity contribution in [1.82, 2.24) is 4.90 Å². The molecule has 1 aliphatic heterocycles. The second-order valence-electron chi connectivity index (χ2n) is 4.73. The Hall–Kier alpha value is 0.1000. The molecule has 90 valence electrons. The Morgan fingerprint density at radius 1 is 1.62 bits per heavy atom. The fourth-order valence-electron chi connectivity index (χ4n) is 2.59. The molecule has 0 saturated carbocycles. The van der Waals surface area contributed by atoms with Crippen LogP contribution in [0.2, 0.25) is 0 Å². The van der Waals surface area contributed by atoms with Gasteiger partial charge < -0.3 is 5.73 Å². The van der Waals surface area contributed by atoms with E-state index in [4.69, 9.17) is 5.73 Å². The molecule has 0 aromatic carbocycles. The maximum Gasteiger partial charge on any atom is 0.0485 e. The number of thiophene rings is 1. The molecule has 0 spiro atoms. The molecule has 1 aliphatic rings. The van der Waals surface area contributed by atoms with Crippen LogP contribution in [0.5, 0.6) is 0 Å². The average molecular weight is 303 g/mol. The first-order valence-electron chi connectivity index (χ1n) is 5.83. The first-order chi connectivity index (χ1) is 7.63. The standard InChI is InChI=1S/C12H19BrN2S/c1-8(2)15-4-3-9(6-14)12(15)11-5-10(13)7-16-11/h5,7-9,12H,3-4,6,14H2,1-2H3. The fraction of sp³-hybridized carbons (Fsp3) is 0.667. The molecule has 2 unspecified atom stereocenters. The van der Waals surface area contributed by atoms with E-state index in [-0.39, 0.29) is 0 Å². The maximum absolute atomic E-state index is 5.90. The first-order valence-corrected chi connectivity index (χ1v) is 7.50. The summed E-state index contributed by atoms with van der Waals surface area (Å²) >= 11 is 5.38. The summed E-state index contributed by atoms with van der Waals surface area (Å²) < 4.78 is 1.19. The van der Waals surface area contributed by atoms with Gasteiger partial charge in [0.25, 0.3) is 0 Å². The molecule has 2 rings (SSSR count). The second kappa shape index (κ2) is 5.17. The Kier molecular flexibility index (Phi) is 4.06. The molecular formula is C12H19BrN2S. The predicted molar refractivity (Wildman–Crippen MR) is 73.8 cm³/mol. The van der Waals surface area contributed by atoms with Crippen LogP contribution in [0.4, 0.5) is 0 Å². The molecule has 0 radical (unpaired) electrons. The Bertz CT molecular complexity index is 351. The average Bonchev–Trinajstić information content (AvgIpc) is 2.82. The molecule has 1 aromatic rings. The molecule has 1 fully saturated rings. The molecule has 16 heavy (non-hydrogen) atoms. The molecule has 2 nitrogen and oxygen atoms in total. The van der Waals surface area contributed by atoms with Crippen LogP contribution in [0.15, 0.2) is 15.9 Å². The minimum atomic E-state index is 0.529. The van der Waals surface area contributed by atoms with Crippen molar-refractivity contribution in [3.05, 3.63) is 20.8 Å². The van der Waals surface area contributed by atoms with Crippen LogP contribution in [0, 0.1) is 5.92 Å². The number of nitrogens with zero attached hydrogens (tertiary/aromatic N) is 1. The van der Waals surface area contributed by atoms with Crippen molar-refractivity contribution in [3.8, 4) is 0 Å². The zero-order chi connectivity index (χ0) is 11.7. The molecule has 2 N–H and O–H groups in total. The zero-order valence-corrected chi connectivity index (χ0v) is 12.2. The van der Waals surface area contributed by atoms with E-state index in [1.807, 2.05) is 11.3 Å². The molecule has 2 heterocycles. The first kappa shape index (κ1) is 12.6. The molecule has 0 bridgehead atoms. The summed E-state index contributed by atoms with van der Waals surface area (Å²) in [6.07, 6.45) is 1.23. The van der Waals surface area contributed by atoms with Crippen LogP contribution in [0.3, 0.4) is 0 Å². The number of nitrogens with two attached hydrogens (primary N) is 1. The van der Waals surface area contributed by atoms with Gasteiger partial charge in [0.05, 0.1) is 0 Å². The number of rotatable bonds is 3. The zero-order valence-electron chi connectivity index (χ0n) is 9.82. The number of likely N-dealkylation sites (tertiary alicyclic amines) is 1. The van der Waals surface area contributed by atoms with Crippen molar-refractivity contribution in [2.45, 2.75) is 32.4 Å². The van der Waals surface area contributed by atoms with Gasteiger partial charge >= 0.3 is 0 Å². The Labute approximate surface area is 110 Å². The lowest BCUT2D eigenvalue weighted by Crippen LogP contribution is -2.32. The van der Waals surface area contributed by atoms with Crippen molar-refractivity contribution in [1.29, 1.82) is 0 Å². The highest BCUT2D eigenvalue weighted by Crippen LogP contribution is 2.41. The van der Waals surface area contributed by atoms with E-state index < -0.39 is 0 Å². The van der Waals surface area contributed by atoms with Gasteiger partial charge in [-0.25, -0.2) is 0 Å². The number of hydrogen-bond acceptors (Lipinski definition) is 3. The summed E-state index contributed by atoms with van der Waals surface area (Å²) in [5, 5.41) is 2.17. The topological polar surface area (TPSA) is 29.3 Å². The SMILES string of the molecule is CC(C)N1CCC(CN)C1c1cc(Br)cs1. The van der Waals surface area contributed by atoms with Crippen LogP contribution < -0.4 is 5.73 Å². The Morgan fingerprint density at radius 2 is 2.38 bits per heavy atom. The van der Waals surface area contributed by atoms with E-state index in [0.717, 1.165) is 6.54 Å². The monoisotopic (exact) mass is 302 g/mol. The lowest BCUT2D eigenvalue weighted by atomic mass is 9.99. The Morgan fingerprint density at radius 3 is 2.88 bits per heavy atom. The Balaban J connectivity index is 2.25. The normalized spacial score (nSPS) is 26.8. The lowest BCUT2D eigenvalue weighted by molar-refractivity contribution is 0.187. The van der Waals surface area contributed by atoms with Crippen molar-refractivity contribution >= 4 is 27.3 Å². The van der Waals surface area contributed by atoms with Crippen molar-refractivity contribution in [3.63, 3.8) is 0 Å². The summed E-state index contributed by atoms with van der Waals surface area (Å²) in [6, 6.07) is 3.38. The highest BCUT2D eigenvalue weighted by atomic mass is 79.9. The van der Waals surface area contributed by atoms with Crippen LogP contribution >= 0.6 is 27.3 Å². The molecule has 4 heteroatoms. The van der Waals surface area contributed by atoms with Gasteiger partial charge in [0, 0.05) is 26.8 Å². The lowest BCUT2D eigenvalue weighted by Gasteiger charge is -2.30. The molecular weight excluding hydrogens is 284 g/mol. The molecule has 0 aliphatic carbocycles. The van der Waals surface area contributed by atoms with Crippen molar-refractivity contribution in [2.24, 2.45) is 11.7 Å². The van der Waals surface area contributed by atoms with Crippen LogP contribution in [-0.4, -0.2) is 24.0 Å². The van der Waals surface area contributed by atoms with Crippen LogP contribution in [-0.2, 0) is 0 Å². The summed E-state index contributed by atoms with van der Waals surface area (Å²) in [6.45, 7) is 6.52. The maximum atomic E-state index is 5.90. The molecule has 1 aromatic heterocycles. The third-order valence-corrected chi connectivity index (χ3v) is 5.17. The summed E-state index contributed by atoms with van der Waals surface area (Å²) in [5.41, 5.74) is 5.90. The van der Waals surface area contributed by atoms with Gasteiger partial charge in [-0.1, -0.05) is 0 Å². The minimum absolute atomic E-state index is 0.529. The van der Waals surface area contributed by atoms with Crippen LogP contribution in [0.1, 0.15) is 31.2 Å². The van der Waals surface area contributed by atoms with E-state index >= 15 is 0 Å². The second-order valence-corrected chi connectivity index (χ2v) is 6.59. The van der Waals surface area contributed by atoms with Gasteiger partial charge in [-0.15, -0.1) is 11.3 Å². The van der Waals surface area contributed by atoms with E-state index in [0.29, 0.717) is 18.0 Å². The van der Waals surface area contributed by atoms with Gasteiger partial charge in [-0.3, -0.25) is 4.90 Å². The minimum Gasteiger partial charge on any atom is -0.330 e. The van der Waals surface area contributed by atoms with Gasteiger partial charge in [0.1, 0.15) is 0 Å². The van der Waals surface area contributed by atoms with E-state index in [2.05, 4.69) is 46.1 Å². The summed E-state index contributed by atoms with van der Waals surface area (Å²) in [5.74, 6) is 0.618. The van der Waals surface area contributed by atoms with E-state index in [1.54, 1.807) is 0 Å². The highest BCUT2D eigenvalue weighted by molar-refractivity contribution is 9.10. The molecule has 1 saturated heterocycles. The molecule has 0 amide bonds. The van der Waals surface area contributed by atoms with E-state index in [1.165, 1.54) is 22.3 Å². The highest BCUT2D eigenvalue weighted by Gasteiger charge is 2.36. The van der Waals surface area contributed by atoms with Gasteiger partial charge in [-0.05, 0) is 61.3 Å². The molecule has 2 atom stereocenters. The van der Waals surface area contributed by atoms with Crippen LogP contribution in [0.25, 0.3) is 0 Å². The van der Waals surface area contributed by atoms with Crippen molar-refractivity contribution in [2.75, 3.05) is 13.1 Å². The van der Waals surface area contributed by atoms with Gasteiger partial charge in [0.15, 0.2) is 0 Å². The van der Waals surface area contributed by atoms with Gasteiger partial charge in [0.2, 0.25) is 0 Å². The third-order valence-electron chi connectivity index (χ3n) is 3.41. The largest absolute Gasteiger partial charge is 0.330 e. The van der Waals surface area contributed by atoms with Gasteiger partial charge in [-0.2, -0.15) is 0 Å². The number of hydrogen-bond donors (Lipinski definition) is 1. The van der Waals surface area contributed by atoms with Crippen molar-refractivity contribution < 1.29 is 0 Å². The third kappa shape index (κ3) is 2.35. The smallest absolute Gasteiger partial charge is 0.0485 e. The van der Waals surface area contributed by atoms with E-state index in [9.17, 15) is 0 Å².